The van der Waals surface area contributed by atoms with Crippen LogP contribution >= 0.6 is 23.2 Å². The number of rotatable bonds is 17. The third-order valence-electron chi connectivity index (χ3n) is 5.38. The van der Waals surface area contributed by atoms with Crippen molar-refractivity contribution in [2.75, 3.05) is 32.9 Å². The van der Waals surface area contributed by atoms with E-state index in [0.29, 0.717) is 54.1 Å². The summed E-state index contributed by atoms with van der Waals surface area (Å²) in [6.45, 7) is 2.32. The van der Waals surface area contributed by atoms with Crippen LogP contribution in [0.4, 0.5) is 0 Å². The standard InChI is InChI=1S/C25H33Cl2NO6/c26-22-6-5-7-23(27)21(22)17-34-13-12-33-11-4-2-1-3-10-28(18-30)15-25(32)19-8-9-24(31)20(14-19)16-29/h5-9,14,18,25,29,31-32H,1-4,10-13,15-17H2/t25-/m0/s1. The second kappa shape index (κ2) is 15.9. The van der Waals surface area contributed by atoms with Gasteiger partial charge in [-0.05, 0) is 42.7 Å². The van der Waals surface area contributed by atoms with Gasteiger partial charge in [0, 0.05) is 34.3 Å². The molecular weight excluding hydrogens is 481 g/mol. The number of carbonyl (C=O) groups is 1. The van der Waals surface area contributed by atoms with Gasteiger partial charge in [-0.2, -0.15) is 0 Å². The molecule has 2 aromatic rings. The lowest BCUT2D eigenvalue weighted by Crippen LogP contribution is -2.28. The molecule has 188 valence electrons. The predicted octanol–water partition coefficient (Wildman–Crippen LogP) is 4.48. The largest absolute Gasteiger partial charge is 0.508 e. The molecule has 0 heterocycles. The van der Waals surface area contributed by atoms with Gasteiger partial charge >= 0.3 is 0 Å². The number of hydrogen-bond acceptors (Lipinski definition) is 6. The number of hydrogen-bond donors (Lipinski definition) is 3. The molecular formula is C25H33Cl2NO6. The summed E-state index contributed by atoms with van der Waals surface area (Å²) in [4.78, 5) is 12.9. The number of benzene rings is 2. The van der Waals surface area contributed by atoms with Crippen LogP contribution in [0.25, 0.3) is 0 Å². The molecule has 7 nitrogen and oxygen atoms in total. The Morgan fingerprint density at radius 3 is 2.38 bits per heavy atom. The number of phenols is 1. The first-order valence-corrected chi connectivity index (χ1v) is 12.1. The number of ether oxygens (including phenoxy) is 2. The van der Waals surface area contributed by atoms with Crippen molar-refractivity contribution in [1.82, 2.24) is 4.90 Å². The molecule has 3 N–H and O–H groups in total. The molecule has 0 radical (unpaired) electrons. The second-order valence-electron chi connectivity index (χ2n) is 7.94. The summed E-state index contributed by atoms with van der Waals surface area (Å²) in [6.07, 6.45) is 3.50. The molecule has 0 aromatic heterocycles. The monoisotopic (exact) mass is 513 g/mol. The minimum Gasteiger partial charge on any atom is -0.508 e. The van der Waals surface area contributed by atoms with E-state index >= 15 is 0 Å². The van der Waals surface area contributed by atoms with Crippen LogP contribution < -0.4 is 0 Å². The van der Waals surface area contributed by atoms with Gasteiger partial charge in [0.2, 0.25) is 6.41 Å². The van der Waals surface area contributed by atoms with Gasteiger partial charge in [-0.1, -0.05) is 48.2 Å². The van der Waals surface area contributed by atoms with Crippen molar-refractivity contribution in [2.24, 2.45) is 0 Å². The first kappa shape index (κ1) is 28.4. The molecule has 0 aliphatic heterocycles. The molecule has 0 aliphatic rings. The van der Waals surface area contributed by atoms with E-state index in [-0.39, 0.29) is 18.9 Å². The zero-order valence-corrected chi connectivity index (χ0v) is 20.7. The Kier molecular flexibility index (Phi) is 13.3. The normalized spacial score (nSPS) is 12.0. The highest BCUT2D eigenvalue weighted by Gasteiger charge is 2.14. The highest BCUT2D eigenvalue weighted by atomic mass is 35.5. The molecule has 0 saturated heterocycles. The van der Waals surface area contributed by atoms with E-state index in [1.54, 1.807) is 30.3 Å². The van der Waals surface area contributed by atoms with Gasteiger partial charge in [-0.3, -0.25) is 4.79 Å². The predicted molar refractivity (Wildman–Crippen MR) is 132 cm³/mol. The number of aliphatic hydroxyl groups excluding tert-OH is 2. The fourth-order valence-electron chi connectivity index (χ4n) is 3.39. The molecule has 1 atom stereocenters. The third-order valence-corrected chi connectivity index (χ3v) is 6.09. The van der Waals surface area contributed by atoms with Crippen LogP contribution in [0, 0.1) is 0 Å². The Morgan fingerprint density at radius 1 is 0.971 bits per heavy atom. The van der Waals surface area contributed by atoms with Crippen LogP contribution in [-0.4, -0.2) is 59.5 Å². The highest BCUT2D eigenvalue weighted by Crippen LogP contribution is 2.25. The number of aromatic hydroxyl groups is 1. The van der Waals surface area contributed by atoms with Gasteiger partial charge in [0.25, 0.3) is 0 Å². The summed E-state index contributed by atoms with van der Waals surface area (Å²) >= 11 is 12.2. The maximum atomic E-state index is 11.4. The average molecular weight is 514 g/mol. The first-order valence-electron chi connectivity index (χ1n) is 11.3. The van der Waals surface area contributed by atoms with Crippen LogP contribution in [0.1, 0.15) is 48.5 Å². The minimum atomic E-state index is -0.888. The van der Waals surface area contributed by atoms with E-state index < -0.39 is 6.10 Å². The van der Waals surface area contributed by atoms with Gasteiger partial charge in [-0.25, -0.2) is 0 Å². The number of halogens is 2. The molecule has 0 aliphatic carbocycles. The van der Waals surface area contributed by atoms with E-state index in [2.05, 4.69) is 0 Å². The molecule has 0 bridgehead atoms. The van der Waals surface area contributed by atoms with Gasteiger partial charge in [0.1, 0.15) is 5.75 Å². The van der Waals surface area contributed by atoms with Crippen LogP contribution in [0.15, 0.2) is 36.4 Å². The van der Waals surface area contributed by atoms with E-state index in [1.807, 2.05) is 0 Å². The zero-order valence-electron chi connectivity index (χ0n) is 19.2. The molecule has 1 amide bonds. The summed E-state index contributed by atoms with van der Waals surface area (Å²) in [7, 11) is 0. The van der Waals surface area contributed by atoms with E-state index in [0.717, 1.165) is 37.7 Å². The van der Waals surface area contributed by atoms with Gasteiger partial charge in [0.05, 0.1) is 39.1 Å². The molecule has 0 spiro atoms. The van der Waals surface area contributed by atoms with Crippen molar-refractivity contribution in [1.29, 1.82) is 0 Å². The lowest BCUT2D eigenvalue weighted by Gasteiger charge is -2.21. The Bertz CT molecular complexity index is 862. The first-order chi connectivity index (χ1) is 16.5. The SMILES string of the molecule is O=CN(CCCCCCOCCOCc1c(Cl)cccc1Cl)C[C@H](O)c1ccc(O)c(CO)c1. The van der Waals surface area contributed by atoms with Crippen LogP contribution in [0.2, 0.25) is 10.0 Å². The third kappa shape index (κ3) is 9.78. The highest BCUT2D eigenvalue weighted by molar-refractivity contribution is 6.35. The Balaban J connectivity index is 1.52. The molecule has 2 rings (SSSR count). The topological polar surface area (TPSA) is 99.5 Å². The summed E-state index contributed by atoms with van der Waals surface area (Å²) < 4.78 is 11.2. The number of nitrogens with zero attached hydrogens (tertiary/aromatic N) is 1. The quantitative estimate of drug-likeness (QED) is 0.213. The summed E-state index contributed by atoms with van der Waals surface area (Å²) in [6, 6.07) is 9.91. The van der Waals surface area contributed by atoms with Crippen molar-refractivity contribution in [2.45, 2.75) is 45.0 Å². The van der Waals surface area contributed by atoms with Gasteiger partial charge in [-0.15, -0.1) is 0 Å². The number of unbranched alkanes of at least 4 members (excludes halogenated alkanes) is 3. The van der Waals surface area contributed by atoms with Crippen molar-refractivity contribution in [3.05, 3.63) is 63.1 Å². The van der Waals surface area contributed by atoms with Crippen molar-refractivity contribution in [3.63, 3.8) is 0 Å². The molecule has 2 aromatic carbocycles. The van der Waals surface area contributed by atoms with Gasteiger partial charge in [0.15, 0.2) is 0 Å². The van der Waals surface area contributed by atoms with Crippen LogP contribution in [-0.2, 0) is 27.5 Å². The molecule has 9 heteroatoms. The number of amides is 1. The van der Waals surface area contributed by atoms with Crippen molar-refractivity contribution >= 4 is 29.6 Å². The van der Waals surface area contributed by atoms with Gasteiger partial charge < -0.3 is 29.7 Å². The molecule has 0 fully saturated rings. The number of aliphatic hydroxyl groups is 2. The Morgan fingerprint density at radius 2 is 1.68 bits per heavy atom. The fourth-order valence-corrected chi connectivity index (χ4v) is 3.90. The van der Waals surface area contributed by atoms with E-state index in [4.69, 9.17) is 32.7 Å². The smallest absolute Gasteiger partial charge is 0.209 e. The molecule has 34 heavy (non-hydrogen) atoms. The maximum Gasteiger partial charge on any atom is 0.209 e. The Hall–Kier alpha value is -1.87. The van der Waals surface area contributed by atoms with Crippen LogP contribution in [0.5, 0.6) is 5.75 Å². The lowest BCUT2D eigenvalue weighted by molar-refractivity contribution is -0.119. The summed E-state index contributed by atoms with van der Waals surface area (Å²) in [5.41, 5.74) is 1.67. The summed E-state index contributed by atoms with van der Waals surface area (Å²) in [5.74, 6) is -0.0239. The summed E-state index contributed by atoms with van der Waals surface area (Å²) in [5, 5.41) is 30.4. The van der Waals surface area contributed by atoms with Crippen LogP contribution in [0.3, 0.4) is 0 Å². The van der Waals surface area contributed by atoms with Crippen molar-refractivity contribution < 1.29 is 29.6 Å². The maximum absolute atomic E-state index is 11.4. The molecule has 0 saturated carbocycles. The number of carbonyl (C=O) groups excluding carboxylic acids is 1. The van der Waals surface area contributed by atoms with E-state index in [9.17, 15) is 20.1 Å². The average Bonchev–Trinajstić information content (AvgIpc) is 2.83. The molecule has 0 unspecified atom stereocenters. The zero-order chi connectivity index (χ0) is 24.8. The minimum absolute atomic E-state index is 0.0239. The van der Waals surface area contributed by atoms with Crippen molar-refractivity contribution in [3.8, 4) is 5.75 Å². The van der Waals surface area contributed by atoms with E-state index in [1.165, 1.54) is 11.0 Å². The lowest BCUT2D eigenvalue weighted by atomic mass is 10.0. The Labute approximate surface area is 210 Å². The fraction of sp³-hybridized carbons (Fsp3) is 0.480. The second-order valence-corrected chi connectivity index (χ2v) is 8.76.